The van der Waals surface area contributed by atoms with E-state index in [-0.39, 0.29) is 11.0 Å². The molecule has 2 atom stereocenters. The summed E-state index contributed by atoms with van der Waals surface area (Å²) in [6.45, 7) is 12.7. The number of esters is 1. The van der Waals surface area contributed by atoms with Crippen LogP contribution in [0.25, 0.3) is 0 Å². The zero-order chi connectivity index (χ0) is 20.1. The summed E-state index contributed by atoms with van der Waals surface area (Å²) in [6, 6.07) is 5.52. The number of benzene rings is 1. The number of hydrogen-bond acceptors (Lipinski definition) is 5. The van der Waals surface area contributed by atoms with Crippen LogP contribution in [-0.2, 0) is 9.53 Å². The van der Waals surface area contributed by atoms with Crippen molar-refractivity contribution in [2.75, 3.05) is 14.2 Å². The van der Waals surface area contributed by atoms with Gasteiger partial charge in [-0.05, 0) is 24.2 Å². The van der Waals surface area contributed by atoms with E-state index < -0.39 is 20.4 Å². The molecule has 5 nitrogen and oxygen atoms in total. The Morgan fingerprint density at radius 3 is 2.35 bits per heavy atom. The van der Waals surface area contributed by atoms with Gasteiger partial charge in [-0.15, -0.1) is 0 Å². The van der Waals surface area contributed by atoms with Crippen LogP contribution in [-0.4, -0.2) is 33.6 Å². The van der Waals surface area contributed by atoms with Crippen LogP contribution in [0.15, 0.2) is 30.4 Å². The van der Waals surface area contributed by atoms with Crippen LogP contribution in [0.1, 0.15) is 39.4 Å². The summed E-state index contributed by atoms with van der Waals surface area (Å²) in [5.74, 6) is 0.417. The minimum Gasteiger partial charge on any atom is -0.541 e. The number of para-hydroxylation sites is 1. The smallest absolute Gasteiger partial charge is 0.330 e. The first-order chi connectivity index (χ1) is 11.9. The van der Waals surface area contributed by atoms with Gasteiger partial charge in [-0.1, -0.05) is 45.9 Å². The Kier molecular flexibility index (Phi) is 7.47. The molecule has 0 unspecified atom stereocenters. The summed E-state index contributed by atoms with van der Waals surface area (Å²) >= 11 is 0. The van der Waals surface area contributed by atoms with Crippen molar-refractivity contribution < 1.29 is 23.8 Å². The van der Waals surface area contributed by atoms with Crippen molar-refractivity contribution in [3.63, 3.8) is 0 Å². The average Bonchev–Trinajstić information content (AvgIpc) is 2.56. The molecule has 0 heterocycles. The van der Waals surface area contributed by atoms with Gasteiger partial charge in [0, 0.05) is 17.6 Å². The maximum absolute atomic E-state index is 11.3. The topological polar surface area (TPSA) is 65.0 Å². The van der Waals surface area contributed by atoms with Crippen molar-refractivity contribution in [1.29, 1.82) is 0 Å². The minimum absolute atomic E-state index is 0.0448. The Morgan fingerprint density at radius 2 is 1.85 bits per heavy atom. The van der Waals surface area contributed by atoms with Gasteiger partial charge in [-0.25, -0.2) is 4.79 Å². The summed E-state index contributed by atoms with van der Waals surface area (Å²) in [5.41, 5.74) is 0.630. The Bertz CT molecular complexity index is 646. The molecule has 1 aromatic carbocycles. The van der Waals surface area contributed by atoms with E-state index in [1.54, 1.807) is 13.2 Å². The highest BCUT2D eigenvalue weighted by Gasteiger charge is 2.39. The van der Waals surface area contributed by atoms with Crippen molar-refractivity contribution in [1.82, 2.24) is 0 Å². The molecule has 0 aliphatic rings. The van der Waals surface area contributed by atoms with Crippen molar-refractivity contribution in [2.24, 2.45) is 5.92 Å². The number of ether oxygens (including phenoxy) is 2. The molecule has 0 aliphatic carbocycles. The molecule has 0 amide bonds. The number of carbonyl (C=O) groups is 1. The lowest BCUT2D eigenvalue weighted by Gasteiger charge is -2.37. The Morgan fingerprint density at radius 1 is 1.23 bits per heavy atom. The molecule has 1 N–H and O–H groups in total. The molecule has 26 heavy (non-hydrogen) atoms. The SMILES string of the molecule is COC(=O)/C=C/[C@@H](C)[C@@H](O)c1cccc(O[Si](C)(C)C(C)(C)C)c1OC. The van der Waals surface area contributed by atoms with Gasteiger partial charge in [0.2, 0.25) is 0 Å². The average molecular weight is 381 g/mol. The fourth-order valence-electron chi connectivity index (χ4n) is 2.18. The molecular weight excluding hydrogens is 348 g/mol. The van der Waals surface area contributed by atoms with Crippen molar-refractivity contribution in [3.05, 3.63) is 35.9 Å². The molecule has 0 radical (unpaired) electrons. The standard InChI is InChI=1S/C20H32O5Si/c1-14(12-13-17(21)23-5)18(22)15-10-9-11-16(19(15)24-6)25-26(7,8)20(2,3)4/h9-14,18,22H,1-8H3/b13-12+/t14-,18-/m1/s1. The number of aliphatic hydroxyl groups is 1. The highest BCUT2D eigenvalue weighted by Crippen LogP contribution is 2.43. The molecule has 0 spiro atoms. The summed E-state index contributed by atoms with van der Waals surface area (Å²) in [4.78, 5) is 11.3. The highest BCUT2D eigenvalue weighted by atomic mass is 28.4. The third-order valence-corrected chi connectivity index (χ3v) is 9.28. The third-order valence-electron chi connectivity index (χ3n) is 4.94. The first kappa shape index (κ1) is 22.2. The number of carbonyl (C=O) groups excluding carboxylic acids is 1. The number of aliphatic hydroxyl groups excluding tert-OH is 1. The molecule has 146 valence electrons. The lowest BCUT2D eigenvalue weighted by Crippen LogP contribution is -2.44. The highest BCUT2D eigenvalue weighted by molar-refractivity contribution is 6.74. The second kappa shape index (κ2) is 8.73. The van der Waals surface area contributed by atoms with Gasteiger partial charge >= 0.3 is 5.97 Å². The summed E-state index contributed by atoms with van der Waals surface area (Å²) < 4.78 is 16.5. The maximum Gasteiger partial charge on any atom is 0.330 e. The predicted molar refractivity (Wildman–Crippen MR) is 106 cm³/mol. The summed E-state index contributed by atoms with van der Waals surface area (Å²) in [5, 5.41) is 10.8. The van der Waals surface area contributed by atoms with Crippen molar-refractivity contribution in [2.45, 2.75) is 51.9 Å². The van der Waals surface area contributed by atoms with Crippen LogP contribution in [0.2, 0.25) is 18.1 Å². The fourth-order valence-corrected chi connectivity index (χ4v) is 3.20. The normalized spacial score (nSPS) is 14.8. The van der Waals surface area contributed by atoms with E-state index in [0.29, 0.717) is 17.1 Å². The van der Waals surface area contributed by atoms with E-state index in [9.17, 15) is 9.90 Å². The van der Waals surface area contributed by atoms with Crippen LogP contribution in [0.3, 0.4) is 0 Å². The van der Waals surface area contributed by atoms with E-state index >= 15 is 0 Å². The van der Waals surface area contributed by atoms with Gasteiger partial charge in [0.05, 0.1) is 20.3 Å². The molecule has 0 fully saturated rings. The van der Waals surface area contributed by atoms with Gasteiger partial charge in [0.1, 0.15) is 5.75 Å². The molecule has 0 bridgehead atoms. The molecular formula is C20H32O5Si. The minimum atomic E-state index is -2.05. The van der Waals surface area contributed by atoms with Crippen LogP contribution in [0, 0.1) is 5.92 Å². The maximum atomic E-state index is 11.3. The van der Waals surface area contributed by atoms with Crippen LogP contribution in [0.4, 0.5) is 0 Å². The van der Waals surface area contributed by atoms with Crippen LogP contribution in [0.5, 0.6) is 11.5 Å². The Labute approximate surface area is 158 Å². The van der Waals surface area contributed by atoms with Gasteiger partial charge in [-0.3, -0.25) is 0 Å². The largest absolute Gasteiger partial charge is 0.541 e. The van der Waals surface area contributed by atoms with Crippen molar-refractivity contribution in [3.8, 4) is 11.5 Å². The predicted octanol–water partition coefficient (Wildman–Crippen LogP) is 4.48. The quantitative estimate of drug-likeness (QED) is 0.429. The molecule has 0 aliphatic heterocycles. The van der Waals surface area contributed by atoms with E-state index in [0.717, 1.165) is 0 Å². The summed E-state index contributed by atoms with van der Waals surface area (Å²) in [7, 11) is 0.836. The first-order valence-corrected chi connectivity index (χ1v) is 11.7. The monoisotopic (exact) mass is 380 g/mol. The molecule has 0 saturated carbocycles. The Balaban J connectivity index is 3.18. The Hall–Kier alpha value is -1.79. The van der Waals surface area contributed by atoms with Crippen molar-refractivity contribution >= 4 is 14.3 Å². The van der Waals surface area contributed by atoms with E-state index in [2.05, 4.69) is 38.6 Å². The second-order valence-corrected chi connectivity index (χ2v) is 12.7. The van der Waals surface area contributed by atoms with Gasteiger partial charge in [0.25, 0.3) is 8.32 Å². The van der Waals surface area contributed by atoms with Crippen LogP contribution >= 0.6 is 0 Å². The molecule has 0 saturated heterocycles. The third kappa shape index (κ3) is 5.35. The number of methoxy groups -OCH3 is 2. The first-order valence-electron chi connectivity index (χ1n) is 8.74. The van der Waals surface area contributed by atoms with Gasteiger partial charge in [0.15, 0.2) is 5.75 Å². The van der Waals surface area contributed by atoms with Gasteiger partial charge in [-0.2, -0.15) is 0 Å². The molecule has 1 aromatic rings. The molecule has 1 rings (SSSR count). The lowest BCUT2D eigenvalue weighted by molar-refractivity contribution is -0.134. The number of hydrogen-bond donors (Lipinski definition) is 1. The number of rotatable bonds is 7. The molecule has 6 heteroatoms. The lowest BCUT2D eigenvalue weighted by atomic mass is 9.96. The van der Waals surface area contributed by atoms with Gasteiger partial charge < -0.3 is 19.0 Å². The zero-order valence-electron chi connectivity index (χ0n) is 17.1. The fraction of sp³-hybridized carbons (Fsp3) is 0.550. The van der Waals surface area contributed by atoms with Crippen LogP contribution < -0.4 is 9.16 Å². The second-order valence-electron chi connectivity index (χ2n) is 7.93. The van der Waals surface area contributed by atoms with E-state index in [1.165, 1.54) is 13.2 Å². The van der Waals surface area contributed by atoms with E-state index in [4.69, 9.17) is 9.16 Å². The van der Waals surface area contributed by atoms with E-state index in [1.807, 2.05) is 25.1 Å². The molecule has 0 aromatic heterocycles. The zero-order valence-corrected chi connectivity index (χ0v) is 18.1. The summed E-state index contributed by atoms with van der Waals surface area (Å²) in [6.07, 6.45) is 2.10.